The number of aromatic nitrogens is 2. The predicted octanol–water partition coefficient (Wildman–Crippen LogP) is 6.49. The average Bonchev–Trinajstić information content (AvgIpc) is 3.15. The Bertz CT molecular complexity index is 1020. The van der Waals surface area contributed by atoms with Gasteiger partial charge >= 0.3 is 6.18 Å². The van der Waals surface area contributed by atoms with Crippen molar-refractivity contribution in [2.75, 3.05) is 11.9 Å². The molecule has 140 valence electrons. The van der Waals surface area contributed by atoms with Crippen LogP contribution in [-0.4, -0.2) is 16.3 Å². The fourth-order valence-corrected chi connectivity index (χ4v) is 3.88. The van der Waals surface area contributed by atoms with Crippen LogP contribution in [0.1, 0.15) is 11.1 Å². The molecule has 2 aromatic carbocycles. The quantitative estimate of drug-likeness (QED) is 0.502. The summed E-state index contributed by atoms with van der Waals surface area (Å²) < 4.78 is 41.3. The molecule has 0 saturated carbocycles. The van der Waals surface area contributed by atoms with Crippen LogP contribution >= 0.6 is 34.8 Å². The maximum Gasteiger partial charge on any atom is 0.417 e. The summed E-state index contributed by atoms with van der Waals surface area (Å²) in [6.07, 6.45) is -3.90. The van der Waals surface area contributed by atoms with E-state index in [1.54, 1.807) is 22.9 Å². The summed E-state index contributed by atoms with van der Waals surface area (Å²) in [5.41, 5.74) is 1.38. The zero-order valence-corrected chi connectivity index (χ0v) is 15.8. The van der Waals surface area contributed by atoms with Crippen molar-refractivity contribution >= 4 is 40.6 Å². The topological polar surface area (TPSA) is 29.9 Å². The van der Waals surface area contributed by atoms with Gasteiger partial charge in [-0.3, -0.25) is 0 Å². The molecule has 0 aliphatic carbocycles. The number of nitrogens with zero attached hydrogens (tertiary/aromatic N) is 2. The number of benzene rings is 2. The van der Waals surface area contributed by atoms with Gasteiger partial charge in [0.1, 0.15) is 5.82 Å². The molecule has 0 unspecified atom stereocenters. The van der Waals surface area contributed by atoms with Gasteiger partial charge in [0.15, 0.2) is 0 Å². The van der Waals surface area contributed by atoms with E-state index >= 15 is 0 Å². The van der Waals surface area contributed by atoms with Crippen LogP contribution in [0.2, 0.25) is 15.1 Å². The van der Waals surface area contributed by atoms with Gasteiger partial charge in [-0.2, -0.15) is 18.3 Å². The highest BCUT2D eigenvalue weighted by atomic mass is 35.5. The van der Waals surface area contributed by atoms with Gasteiger partial charge in [0.05, 0.1) is 22.0 Å². The van der Waals surface area contributed by atoms with E-state index in [1.165, 1.54) is 12.1 Å². The number of hydrogen-bond acceptors (Lipinski definition) is 2. The third kappa shape index (κ3) is 3.37. The van der Waals surface area contributed by atoms with Crippen LogP contribution in [0, 0.1) is 0 Å². The molecule has 1 N–H and O–H groups in total. The molecule has 3 nitrogen and oxygen atoms in total. The van der Waals surface area contributed by atoms with Crippen LogP contribution in [0.15, 0.2) is 36.4 Å². The van der Waals surface area contributed by atoms with E-state index in [2.05, 4.69) is 10.4 Å². The van der Waals surface area contributed by atoms with E-state index in [0.29, 0.717) is 45.8 Å². The number of nitrogens with one attached hydrogen (secondary N) is 1. The molecule has 2 heterocycles. The van der Waals surface area contributed by atoms with E-state index in [4.69, 9.17) is 34.8 Å². The summed E-state index contributed by atoms with van der Waals surface area (Å²) in [4.78, 5) is 0. The standard InChI is InChI=1S/C18H11Cl3F3N3/c19-10-6-11(20)8-12(7-10)27-17-13(3-4-25-17)16(26-27)9-1-2-15(21)14(5-9)18(22,23)24/h1-2,5-8,25H,3-4H2. The second-order valence-corrected chi connectivity index (χ2v) is 7.36. The minimum Gasteiger partial charge on any atom is -0.369 e. The molecule has 9 heteroatoms. The lowest BCUT2D eigenvalue weighted by atomic mass is 10.0. The molecular weight excluding hydrogens is 422 g/mol. The first-order chi connectivity index (χ1) is 12.7. The smallest absolute Gasteiger partial charge is 0.369 e. The molecule has 4 rings (SSSR count). The highest BCUT2D eigenvalue weighted by Gasteiger charge is 2.34. The minimum atomic E-state index is -4.54. The number of anilines is 1. The normalized spacial score (nSPS) is 13.6. The van der Waals surface area contributed by atoms with E-state index in [1.807, 2.05) is 0 Å². The molecule has 0 fully saturated rings. The van der Waals surface area contributed by atoms with Crippen LogP contribution in [0.4, 0.5) is 19.0 Å². The average molecular weight is 433 g/mol. The van der Waals surface area contributed by atoms with Crippen molar-refractivity contribution < 1.29 is 13.2 Å². The van der Waals surface area contributed by atoms with Crippen molar-refractivity contribution in [3.8, 4) is 16.9 Å². The molecule has 0 spiro atoms. The lowest BCUT2D eigenvalue weighted by molar-refractivity contribution is -0.137. The lowest BCUT2D eigenvalue weighted by Gasteiger charge is -2.10. The van der Waals surface area contributed by atoms with Crippen LogP contribution < -0.4 is 5.32 Å². The van der Waals surface area contributed by atoms with Crippen molar-refractivity contribution in [3.05, 3.63) is 62.6 Å². The van der Waals surface area contributed by atoms with Crippen LogP contribution in [0.25, 0.3) is 16.9 Å². The van der Waals surface area contributed by atoms with E-state index in [-0.39, 0.29) is 5.02 Å². The highest BCUT2D eigenvalue weighted by molar-refractivity contribution is 6.34. The SMILES string of the molecule is FC(F)(F)c1cc(-c2nn(-c3cc(Cl)cc(Cl)c3)c3c2CCN3)ccc1Cl. The second-order valence-electron chi connectivity index (χ2n) is 6.08. The number of hydrogen-bond donors (Lipinski definition) is 1. The molecule has 0 saturated heterocycles. The Morgan fingerprint density at radius 2 is 1.70 bits per heavy atom. The van der Waals surface area contributed by atoms with Crippen molar-refractivity contribution in [3.63, 3.8) is 0 Å². The molecule has 1 aliphatic rings. The number of halogens is 6. The summed E-state index contributed by atoms with van der Waals surface area (Å²) in [5.74, 6) is 0.715. The number of fused-ring (bicyclic) bond motifs is 1. The second kappa shape index (κ2) is 6.62. The first-order valence-electron chi connectivity index (χ1n) is 7.93. The fourth-order valence-electron chi connectivity index (χ4n) is 3.14. The maximum absolute atomic E-state index is 13.2. The first kappa shape index (κ1) is 18.5. The largest absolute Gasteiger partial charge is 0.417 e. The molecule has 3 aromatic rings. The van der Waals surface area contributed by atoms with Crippen LogP contribution in [0.3, 0.4) is 0 Å². The molecule has 27 heavy (non-hydrogen) atoms. The molecule has 0 bridgehead atoms. The van der Waals surface area contributed by atoms with Gasteiger partial charge in [-0.1, -0.05) is 40.9 Å². The lowest BCUT2D eigenvalue weighted by Crippen LogP contribution is -2.06. The predicted molar refractivity (Wildman–Crippen MR) is 101 cm³/mol. The maximum atomic E-state index is 13.2. The van der Waals surface area contributed by atoms with Gasteiger partial charge in [-0.05, 0) is 36.8 Å². The summed E-state index contributed by atoms with van der Waals surface area (Å²) >= 11 is 17.9. The summed E-state index contributed by atoms with van der Waals surface area (Å²) in [6, 6.07) is 8.77. The summed E-state index contributed by atoms with van der Waals surface area (Å²) in [6.45, 7) is 0.661. The molecule has 0 amide bonds. The molecule has 0 radical (unpaired) electrons. The number of alkyl halides is 3. The highest BCUT2D eigenvalue weighted by Crippen LogP contribution is 2.40. The summed E-state index contributed by atoms with van der Waals surface area (Å²) in [7, 11) is 0. The van der Waals surface area contributed by atoms with Crippen molar-refractivity contribution in [2.45, 2.75) is 12.6 Å². The molecular formula is C18H11Cl3F3N3. The van der Waals surface area contributed by atoms with E-state index in [0.717, 1.165) is 11.6 Å². The van der Waals surface area contributed by atoms with Gasteiger partial charge < -0.3 is 5.32 Å². The first-order valence-corrected chi connectivity index (χ1v) is 9.07. The van der Waals surface area contributed by atoms with Gasteiger partial charge in [-0.15, -0.1) is 0 Å². The van der Waals surface area contributed by atoms with Crippen LogP contribution in [0.5, 0.6) is 0 Å². The molecule has 0 atom stereocenters. The zero-order valence-electron chi connectivity index (χ0n) is 13.5. The van der Waals surface area contributed by atoms with Crippen molar-refractivity contribution in [1.29, 1.82) is 0 Å². The van der Waals surface area contributed by atoms with Gasteiger partial charge in [0, 0.05) is 27.7 Å². The Morgan fingerprint density at radius 1 is 1.00 bits per heavy atom. The monoisotopic (exact) mass is 431 g/mol. The Kier molecular flexibility index (Phi) is 4.53. The van der Waals surface area contributed by atoms with Crippen molar-refractivity contribution in [1.82, 2.24) is 9.78 Å². The Labute approximate surface area is 167 Å². The zero-order chi connectivity index (χ0) is 19.3. The Morgan fingerprint density at radius 3 is 2.37 bits per heavy atom. The van der Waals surface area contributed by atoms with Gasteiger partial charge in [-0.25, -0.2) is 4.68 Å². The number of rotatable bonds is 2. The minimum absolute atomic E-state index is 0.345. The Hall–Kier alpha value is -1.89. The van der Waals surface area contributed by atoms with E-state index < -0.39 is 11.7 Å². The third-order valence-corrected chi connectivity index (χ3v) is 5.05. The summed E-state index contributed by atoms with van der Waals surface area (Å²) in [5, 5.41) is 8.28. The molecule has 1 aromatic heterocycles. The third-order valence-electron chi connectivity index (χ3n) is 4.29. The Balaban J connectivity index is 1.89. The van der Waals surface area contributed by atoms with E-state index in [9.17, 15) is 13.2 Å². The fraction of sp³-hybridized carbons (Fsp3) is 0.167. The van der Waals surface area contributed by atoms with Crippen LogP contribution in [-0.2, 0) is 12.6 Å². The van der Waals surface area contributed by atoms with Gasteiger partial charge in [0.2, 0.25) is 0 Å². The van der Waals surface area contributed by atoms with Crippen molar-refractivity contribution in [2.24, 2.45) is 0 Å². The van der Waals surface area contributed by atoms with Gasteiger partial charge in [0.25, 0.3) is 0 Å². The molecule has 1 aliphatic heterocycles.